The summed E-state index contributed by atoms with van der Waals surface area (Å²) in [7, 11) is 0. The molecule has 2 heterocycles. The summed E-state index contributed by atoms with van der Waals surface area (Å²) in [6, 6.07) is 23.6. The Hall–Kier alpha value is -5.30. The number of piperidine rings is 1. The minimum atomic E-state index is -0.927. The number of anilines is 1. The van der Waals surface area contributed by atoms with Crippen LogP contribution in [0.4, 0.5) is 5.69 Å². The van der Waals surface area contributed by atoms with Gasteiger partial charge < -0.3 is 43.0 Å². The number of benzene rings is 3. The zero-order valence-electron chi connectivity index (χ0n) is 27.0. The summed E-state index contributed by atoms with van der Waals surface area (Å²) in [6.07, 6.45) is 2.92. The van der Waals surface area contributed by atoms with Crippen LogP contribution in [0.2, 0.25) is 0 Å². The molecular weight excluding hydrogens is 610 g/mol. The molecule has 0 aliphatic carbocycles. The number of nitrogens with one attached hydrogen (secondary N) is 4. The van der Waals surface area contributed by atoms with Gasteiger partial charge in [0.25, 0.3) is 0 Å². The van der Waals surface area contributed by atoms with E-state index in [1.54, 1.807) is 4.90 Å². The number of nitrogens with two attached hydrogens (primary N) is 2. The second-order valence-corrected chi connectivity index (χ2v) is 12.3. The van der Waals surface area contributed by atoms with Crippen molar-refractivity contribution in [2.45, 2.75) is 43.8 Å². The summed E-state index contributed by atoms with van der Waals surface area (Å²) in [5, 5.41) is 10.4. The number of amides is 4. The highest BCUT2D eigenvalue weighted by Gasteiger charge is 2.54. The van der Waals surface area contributed by atoms with E-state index in [2.05, 4.69) is 62.1 Å². The van der Waals surface area contributed by atoms with E-state index in [9.17, 15) is 19.2 Å². The van der Waals surface area contributed by atoms with Gasteiger partial charge in [-0.2, -0.15) is 0 Å². The molecule has 2 saturated heterocycles. The van der Waals surface area contributed by atoms with E-state index in [1.165, 1.54) is 16.3 Å². The van der Waals surface area contributed by atoms with Gasteiger partial charge >= 0.3 is 0 Å². The molecule has 0 aromatic heterocycles. The first-order chi connectivity index (χ1) is 23.2. The van der Waals surface area contributed by atoms with Gasteiger partial charge in [-0.1, -0.05) is 60.7 Å². The lowest BCUT2D eigenvalue weighted by molar-refractivity contribution is -0.137. The minimum Gasteiger partial charge on any atom is -0.384 e. The predicted molar refractivity (Wildman–Crippen MR) is 183 cm³/mol. The van der Waals surface area contributed by atoms with Crippen molar-refractivity contribution in [3.8, 4) is 0 Å². The van der Waals surface area contributed by atoms with Crippen LogP contribution in [0.15, 0.2) is 84.8 Å². The van der Waals surface area contributed by atoms with Crippen molar-refractivity contribution in [2.24, 2.45) is 11.5 Å². The number of nitrogens with zero attached hydrogens (tertiary/aromatic N) is 3. The summed E-state index contributed by atoms with van der Waals surface area (Å²) in [5.74, 6) is -1.65. The number of para-hydroxylation sites is 1. The average Bonchev–Trinajstić information content (AvgIpc) is 3.36. The fraction of sp³-hybridized carbons (Fsp3) is 0.371. The lowest BCUT2D eigenvalue weighted by Crippen LogP contribution is -2.56. The van der Waals surface area contributed by atoms with Gasteiger partial charge in [-0.3, -0.25) is 24.1 Å². The van der Waals surface area contributed by atoms with Crippen molar-refractivity contribution in [3.63, 3.8) is 0 Å². The standard InChI is InChI=1S/C35H44N9O4/c36-20-30(37)39-17-7-14-29(33(38)47)41-31(45)21-40-32(46)23-43-24-44(27-11-2-1-3-12-27)35(34(43)48)15-18-42(19-16-35)22-26-10-6-9-25-8-4-5-13-28(25)26/h1-6,8-13,20,29,36,39H,7,14-19,21-24,37H2,(H2,38,47)(H,40,46)(H,41,45)/b30-20-/t29-/m0/s1. The van der Waals surface area contributed by atoms with Gasteiger partial charge in [-0.05, 0) is 54.2 Å². The summed E-state index contributed by atoms with van der Waals surface area (Å²) < 4.78 is 0. The van der Waals surface area contributed by atoms with Crippen LogP contribution in [0, 0.1) is 0 Å². The van der Waals surface area contributed by atoms with E-state index in [-0.39, 0.29) is 37.9 Å². The van der Waals surface area contributed by atoms with Gasteiger partial charge in [0, 0.05) is 31.9 Å². The third-order valence-electron chi connectivity index (χ3n) is 9.15. The third kappa shape index (κ3) is 7.97. The number of likely N-dealkylation sites (tertiary alicyclic amines) is 1. The Morgan fingerprint density at radius 1 is 0.917 bits per heavy atom. The Morgan fingerprint density at radius 3 is 2.35 bits per heavy atom. The third-order valence-corrected chi connectivity index (χ3v) is 9.15. The monoisotopic (exact) mass is 654 g/mol. The first-order valence-corrected chi connectivity index (χ1v) is 16.2. The van der Waals surface area contributed by atoms with Gasteiger partial charge in [-0.15, -0.1) is 0 Å². The molecule has 3 aromatic carbocycles. The Balaban J connectivity index is 1.18. The minimum absolute atomic E-state index is 0.0981. The molecule has 1 atom stereocenters. The molecule has 0 unspecified atom stereocenters. The first-order valence-electron chi connectivity index (χ1n) is 16.2. The molecule has 13 heteroatoms. The molecule has 2 aliphatic rings. The summed E-state index contributed by atoms with van der Waals surface area (Å²) in [5.41, 5.74) is 19.4. The van der Waals surface area contributed by atoms with Crippen molar-refractivity contribution in [2.75, 3.05) is 44.3 Å². The molecule has 0 bridgehead atoms. The number of fused-ring (bicyclic) bond motifs is 1. The Labute approximate surface area is 280 Å². The molecule has 5 rings (SSSR count). The van der Waals surface area contributed by atoms with Gasteiger partial charge in [0.15, 0.2) is 0 Å². The largest absolute Gasteiger partial charge is 0.384 e. The second kappa shape index (κ2) is 15.5. The molecule has 4 amide bonds. The van der Waals surface area contributed by atoms with Gasteiger partial charge in [0.1, 0.15) is 23.9 Å². The zero-order chi connectivity index (χ0) is 34.1. The van der Waals surface area contributed by atoms with Crippen LogP contribution in [0.25, 0.3) is 10.8 Å². The zero-order valence-corrected chi connectivity index (χ0v) is 27.0. The van der Waals surface area contributed by atoms with E-state index >= 15 is 0 Å². The van der Waals surface area contributed by atoms with Crippen LogP contribution in [0.3, 0.4) is 0 Å². The maximum absolute atomic E-state index is 14.1. The highest BCUT2D eigenvalue weighted by atomic mass is 16.2. The topological polar surface area (TPSA) is 190 Å². The van der Waals surface area contributed by atoms with Crippen molar-refractivity contribution >= 4 is 40.1 Å². The maximum atomic E-state index is 14.1. The molecule has 2 aliphatic heterocycles. The molecule has 0 saturated carbocycles. The molecule has 3 aromatic rings. The average molecular weight is 655 g/mol. The number of hydrogen-bond donors (Lipinski definition) is 5. The lowest BCUT2D eigenvalue weighted by Gasteiger charge is -2.43. The van der Waals surface area contributed by atoms with Crippen LogP contribution >= 0.6 is 0 Å². The fourth-order valence-corrected chi connectivity index (χ4v) is 6.60. The van der Waals surface area contributed by atoms with Gasteiger partial charge in [-0.25, -0.2) is 0 Å². The molecule has 1 spiro atoms. The lowest BCUT2D eigenvalue weighted by atomic mass is 9.85. The number of primary amides is 1. The van der Waals surface area contributed by atoms with Crippen molar-refractivity contribution in [1.29, 1.82) is 0 Å². The van der Waals surface area contributed by atoms with E-state index < -0.39 is 29.3 Å². The van der Waals surface area contributed by atoms with Crippen molar-refractivity contribution < 1.29 is 19.2 Å². The summed E-state index contributed by atoms with van der Waals surface area (Å²) in [4.78, 5) is 57.6. The van der Waals surface area contributed by atoms with Crippen molar-refractivity contribution in [3.05, 3.63) is 90.4 Å². The van der Waals surface area contributed by atoms with Crippen LogP contribution in [0.1, 0.15) is 31.2 Å². The molecule has 1 radical (unpaired) electrons. The maximum Gasteiger partial charge on any atom is 0.250 e. The number of carbonyl (C=O) groups excluding carboxylic acids is 4. The highest BCUT2D eigenvalue weighted by Crippen LogP contribution is 2.39. The molecule has 2 fully saturated rings. The van der Waals surface area contributed by atoms with Crippen LogP contribution in [-0.4, -0.2) is 84.4 Å². The molecular formula is C35H44N9O4. The number of rotatable bonds is 14. The van der Waals surface area contributed by atoms with E-state index in [0.29, 0.717) is 25.8 Å². The van der Waals surface area contributed by atoms with Gasteiger partial charge in [0.2, 0.25) is 23.6 Å². The Bertz CT molecular complexity index is 1630. The first kappa shape index (κ1) is 34.0. The molecule has 253 valence electrons. The van der Waals surface area contributed by atoms with Crippen LogP contribution in [0.5, 0.6) is 0 Å². The quantitative estimate of drug-likeness (QED) is 0.159. The number of carbonyl (C=O) groups is 4. The summed E-state index contributed by atoms with van der Waals surface area (Å²) >= 11 is 0. The Kier molecular flexibility index (Phi) is 11.0. The fourth-order valence-electron chi connectivity index (χ4n) is 6.60. The van der Waals surface area contributed by atoms with Gasteiger partial charge in [0.05, 0.1) is 19.4 Å². The van der Waals surface area contributed by atoms with Crippen LogP contribution < -0.4 is 38.1 Å². The highest BCUT2D eigenvalue weighted by molar-refractivity contribution is 5.97. The molecule has 48 heavy (non-hydrogen) atoms. The molecule has 8 N–H and O–H groups in total. The van der Waals surface area contributed by atoms with E-state index in [4.69, 9.17) is 17.2 Å². The Morgan fingerprint density at radius 2 is 1.62 bits per heavy atom. The predicted octanol–water partition coefficient (Wildman–Crippen LogP) is 0.977. The number of hydrogen-bond acceptors (Lipinski definition) is 8. The smallest absolute Gasteiger partial charge is 0.250 e. The van der Waals surface area contributed by atoms with Crippen molar-refractivity contribution in [1.82, 2.24) is 31.5 Å². The second-order valence-electron chi connectivity index (χ2n) is 12.3. The normalized spacial score (nSPS) is 17.0. The van der Waals surface area contributed by atoms with Crippen LogP contribution in [-0.2, 0) is 25.7 Å². The van der Waals surface area contributed by atoms with E-state index in [0.717, 1.165) is 31.5 Å². The SMILES string of the molecule is [NH]/C=C(/N)NCCC[C@H](NC(=O)CNC(=O)CN1CN(c2ccccc2)C2(CCN(Cc3cccc4ccccc34)CC2)C1=O)C(N)=O. The summed E-state index contributed by atoms with van der Waals surface area (Å²) in [6.45, 7) is 2.32. The van der Waals surface area contributed by atoms with E-state index in [1.807, 2.05) is 36.4 Å². The molecule has 13 nitrogen and oxygen atoms in total.